The number of hydrogen-bond acceptors (Lipinski definition) is 6. The highest BCUT2D eigenvalue weighted by Crippen LogP contribution is 2.24. The number of rotatable bonds is 6. The van der Waals surface area contributed by atoms with Crippen molar-refractivity contribution in [3.05, 3.63) is 76.7 Å². The summed E-state index contributed by atoms with van der Waals surface area (Å²) in [6.07, 6.45) is 3.41. The van der Waals surface area contributed by atoms with E-state index in [9.17, 15) is 14.9 Å². The van der Waals surface area contributed by atoms with Gasteiger partial charge in [-0.25, -0.2) is 4.98 Å². The van der Waals surface area contributed by atoms with Crippen LogP contribution in [0.4, 0.5) is 11.4 Å². The van der Waals surface area contributed by atoms with Gasteiger partial charge in [0.1, 0.15) is 6.26 Å². The largest absolute Gasteiger partial charge is 0.444 e. The lowest BCUT2D eigenvalue weighted by Gasteiger charge is -2.31. The highest BCUT2D eigenvalue weighted by atomic mass is 16.6. The third-order valence-corrected chi connectivity index (χ3v) is 5.18. The van der Waals surface area contributed by atoms with E-state index in [-0.39, 0.29) is 17.5 Å². The number of aromatic nitrogens is 1. The van der Waals surface area contributed by atoms with Crippen LogP contribution in [-0.2, 0) is 11.3 Å². The minimum Gasteiger partial charge on any atom is -0.444 e. The molecule has 3 aromatic rings. The van der Waals surface area contributed by atoms with Crippen molar-refractivity contribution in [2.24, 2.45) is 5.92 Å². The molecule has 4 rings (SSSR count). The minimum atomic E-state index is -0.439. The monoisotopic (exact) mass is 406 g/mol. The van der Waals surface area contributed by atoms with Gasteiger partial charge in [-0.2, -0.15) is 0 Å². The Hall–Kier alpha value is -3.52. The van der Waals surface area contributed by atoms with Crippen LogP contribution in [0.25, 0.3) is 11.5 Å². The first-order valence-electron chi connectivity index (χ1n) is 9.86. The molecule has 8 heteroatoms. The maximum atomic E-state index is 12.6. The lowest BCUT2D eigenvalue weighted by atomic mass is 9.97. The molecule has 0 saturated carbocycles. The zero-order valence-electron chi connectivity index (χ0n) is 16.4. The summed E-state index contributed by atoms with van der Waals surface area (Å²) in [7, 11) is 0. The van der Waals surface area contributed by atoms with Crippen molar-refractivity contribution in [2.75, 3.05) is 18.4 Å². The number of carbonyl (C=O) groups is 1. The summed E-state index contributed by atoms with van der Waals surface area (Å²) in [5, 5.41) is 13.8. The molecular weight excluding hydrogens is 384 g/mol. The van der Waals surface area contributed by atoms with Gasteiger partial charge < -0.3 is 9.73 Å². The number of nitrogens with one attached hydrogen (secondary N) is 1. The molecule has 0 spiro atoms. The summed E-state index contributed by atoms with van der Waals surface area (Å²) in [5.74, 6) is 0.396. The van der Waals surface area contributed by atoms with Crippen LogP contribution in [0.2, 0.25) is 0 Å². The molecule has 1 amide bonds. The number of anilines is 1. The van der Waals surface area contributed by atoms with E-state index in [0.29, 0.717) is 24.5 Å². The van der Waals surface area contributed by atoms with Gasteiger partial charge in [-0.05, 0) is 43.7 Å². The Morgan fingerprint density at radius 2 is 1.97 bits per heavy atom. The average molecular weight is 406 g/mol. The second-order valence-corrected chi connectivity index (χ2v) is 7.38. The number of para-hydroxylation sites is 1. The Bertz CT molecular complexity index is 1020. The fraction of sp³-hybridized carbons (Fsp3) is 0.273. The first kappa shape index (κ1) is 19.8. The molecule has 1 atom stereocenters. The second-order valence-electron chi connectivity index (χ2n) is 7.38. The van der Waals surface area contributed by atoms with Crippen LogP contribution in [0.15, 0.2) is 65.3 Å². The van der Waals surface area contributed by atoms with Gasteiger partial charge in [-0.1, -0.05) is 18.2 Å². The first-order chi connectivity index (χ1) is 14.6. The molecule has 1 aliphatic rings. The fourth-order valence-corrected chi connectivity index (χ4v) is 3.65. The molecule has 0 aliphatic carbocycles. The molecule has 1 N–H and O–H groups in total. The number of amides is 1. The Labute approximate surface area is 173 Å². The van der Waals surface area contributed by atoms with Crippen molar-refractivity contribution in [2.45, 2.75) is 19.4 Å². The number of benzene rings is 2. The van der Waals surface area contributed by atoms with Crippen molar-refractivity contribution in [3.8, 4) is 11.5 Å². The molecule has 154 valence electrons. The maximum Gasteiger partial charge on any atom is 0.269 e. The van der Waals surface area contributed by atoms with Crippen LogP contribution in [0.5, 0.6) is 0 Å². The Balaban J connectivity index is 1.36. The summed E-state index contributed by atoms with van der Waals surface area (Å²) in [5.41, 5.74) is 2.29. The lowest BCUT2D eigenvalue weighted by Crippen LogP contribution is -2.40. The topological polar surface area (TPSA) is 102 Å². The third-order valence-electron chi connectivity index (χ3n) is 5.18. The predicted octanol–water partition coefficient (Wildman–Crippen LogP) is 4.10. The molecule has 1 aromatic heterocycles. The van der Waals surface area contributed by atoms with Gasteiger partial charge in [0, 0.05) is 36.5 Å². The Morgan fingerprint density at radius 3 is 2.70 bits per heavy atom. The molecule has 1 fully saturated rings. The van der Waals surface area contributed by atoms with Gasteiger partial charge in [0.25, 0.3) is 5.69 Å². The summed E-state index contributed by atoms with van der Waals surface area (Å²) in [4.78, 5) is 29.7. The number of non-ortho nitro benzene ring substituents is 1. The number of carbonyl (C=O) groups excluding carboxylic acids is 1. The van der Waals surface area contributed by atoms with E-state index in [1.807, 2.05) is 30.3 Å². The second kappa shape index (κ2) is 8.87. The van der Waals surface area contributed by atoms with Gasteiger partial charge in [0.2, 0.25) is 11.8 Å². The van der Waals surface area contributed by atoms with Gasteiger partial charge in [0.05, 0.1) is 16.5 Å². The summed E-state index contributed by atoms with van der Waals surface area (Å²) < 4.78 is 5.56. The van der Waals surface area contributed by atoms with E-state index in [1.54, 1.807) is 18.4 Å². The van der Waals surface area contributed by atoms with Crippen molar-refractivity contribution in [1.29, 1.82) is 0 Å². The zero-order valence-corrected chi connectivity index (χ0v) is 16.4. The number of piperidine rings is 1. The number of nitrogens with zero attached hydrogens (tertiary/aromatic N) is 3. The molecule has 0 bridgehead atoms. The number of hydrogen-bond donors (Lipinski definition) is 1. The molecule has 8 nitrogen and oxygen atoms in total. The number of nitro benzene ring substituents is 1. The van der Waals surface area contributed by atoms with Crippen molar-refractivity contribution in [3.63, 3.8) is 0 Å². The van der Waals surface area contributed by atoms with Gasteiger partial charge in [-0.15, -0.1) is 0 Å². The SMILES string of the molecule is O=C(Nc1ccccc1)C1CCCN(Cc2coc(-c3ccc([N+](=O)[O-])cc3)n2)C1. The normalized spacial score (nSPS) is 16.9. The molecule has 30 heavy (non-hydrogen) atoms. The summed E-state index contributed by atoms with van der Waals surface area (Å²) in [6.45, 7) is 2.15. The fourth-order valence-electron chi connectivity index (χ4n) is 3.65. The Morgan fingerprint density at radius 1 is 1.20 bits per heavy atom. The molecule has 2 aromatic carbocycles. The van der Waals surface area contributed by atoms with Crippen molar-refractivity contribution in [1.82, 2.24) is 9.88 Å². The van der Waals surface area contributed by atoms with Gasteiger partial charge in [-0.3, -0.25) is 19.8 Å². The number of nitro groups is 1. The van der Waals surface area contributed by atoms with Crippen LogP contribution >= 0.6 is 0 Å². The molecule has 0 radical (unpaired) electrons. The van der Waals surface area contributed by atoms with Crippen LogP contribution in [0.3, 0.4) is 0 Å². The van der Waals surface area contributed by atoms with Crippen molar-refractivity contribution < 1.29 is 14.1 Å². The molecule has 1 unspecified atom stereocenters. The highest BCUT2D eigenvalue weighted by molar-refractivity contribution is 5.92. The maximum absolute atomic E-state index is 12.6. The summed E-state index contributed by atoms with van der Waals surface area (Å²) >= 11 is 0. The number of likely N-dealkylation sites (tertiary alicyclic amines) is 1. The van der Waals surface area contributed by atoms with E-state index in [0.717, 1.165) is 30.8 Å². The van der Waals surface area contributed by atoms with E-state index in [1.165, 1.54) is 12.1 Å². The predicted molar refractivity (Wildman–Crippen MR) is 112 cm³/mol. The van der Waals surface area contributed by atoms with E-state index < -0.39 is 4.92 Å². The summed E-state index contributed by atoms with van der Waals surface area (Å²) in [6, 6.07) is 15.6. The van der Waals surface area contributed by atoms with E-state index in [2.05, 4.69) is 15.2 Å². The van der Waals surface area contributed by atoms with E-state index >= 15 is 0 Å². The average Bonchev–Trinajstić information content (AvgIpc) is 3.23. The first-order valence-corrected chi connectivity index (χ1v) is 9.86. The highest BCUT2D eigenvalue weighted by Gasteiger charge is 2.26. The molecule has 1 saturated heterocycles. The molecular formula is C22H22N4O4. The van der Waals surface area contributed by atoms with Crippen LogP contribution in [0.1, 0.15) is 18.5 Å². The standard InChI is InChI=1S/C22H22N4O4/c27-21(23-18-6-2-1-3-7-18)17-5-4-12-25(13-17)14-19-15-30-22(24-19)16-8-10-20(11-9-16)26(28)29/h1-3,6-11,15,17H,4-5,12-14H2,(H,23,27). The smallest absolute Gasteiger partial charge is 0.269 e. The van der Waals surface area contributed by atoms with Crippen molar-refractivity contribution >= 4 is 17.3 Å². The van der Waals surface area contributed by atoms with Crippen LogP contribution < -0.4 is 5.32 Å². The lowest BCUT2D eigenvalue weighted by molar-refractivity contribution is -0.384. The zero-order chi connectivity index (χ0) is 20.9. The van der Waals surface area contributed by atoms with Gasteiger partial charge in [0.15, 0.2) is 0 Å². The van der Waals surface area contributed by atoms with Crippen LogP contribution in [0, 0.1) is 16.0 Å². The molecule has 2 heterocycles. The molecule has 1 aliphatic heterocycles. The quantitative estimate of drug-likeness (QED) is 0.488. The van der Waals surface area contributed by atoms with E-state index in [4.69, 9.17) is 4.42 Å². The third kappa shape index (κ3) is 4.72. The minimum absolute atomic E-state index is 0.0265. The van der Waals surface area contributed by atoms with Crippen LogP contribution in [-0.4, -0.2) is 33.8 Å². The number of oxazole rings is 1. The van der Waals surface area contributed by atoms with Gasteiger partial charge >= 0.3 is 0 Å². The Kier molecular flexibility index (Phi) is 5.85.